The van der Waals surface area contributed by atoms with Crippen LogP contribution < -0.4 is 10.5 Å². The Bertz CT molecular complexity index is 960. The molecule has 0 aromatic heterocycles. The normalized spacial score (nSPS) is 21.8. The van der Waals surface area contributed by atoms with Gasteiger partial charge in [-0.3, -0.25) is 9.69 Å². The van der Waals surface area contributed by atoms with Gasteiger partial charge in [0.15, 0.2) is 0 Å². The van der Waals surface area contributed by atoms with Gasteiger partial charge in [-0.15, -0.1) is 0 Å². The van der Waals surface area contributed by atoms with Crippen LogP contribution in [0.25, 0.3) is 0 Å². The largest absolute Gasteiger partial charge is 0.490 e. The first-order valence-electron chi connectivity index (χ1n) is 10.8. The standard InChI is InChI=1S/C24H27Cl2FN2O2/c1-2-18-11-19(31-20-9-16(25)8-17(26)10-20)5-6-29(18)13-15-7-23(27)22(24(28)30)12-21(15)14-3-4-14/h7-10,12,14,18-19H,2-6,11,13H2,1H3,(H2,28,30)/t18-,19+/m0/s1. The minimum atomic E-state index is -0.712. The second-order valence-electron chi connectivity index (χ2n) is 8.57. The number of primary amides is 1. The molecule has 2 atom stereocenters. The van der Waals surface area contributed by atoms with Crippen LogP contribution in [0, 0.1) is 5.82 Å². The molecule has 2 aliphatic rings. The molecule has 2 aromatic carbocycles. The number of carbonyl (C=O) groups is 1. The molecular weight excluding hydrogens is 438 g/mol. The van der Waals surface area contributed by atoms with Crippen molar-refractivity contribution in [1.29, 1.82) is 0 Å². The number of nitrogens with two attached hydrogens (primary N) is 1. The van der Waals surface area contributed by atoms with E-state index >= 15 is 0 Å². The predicted molar refractivity (Wildman–Crippen MR) is 121 cm³/mol. The average molecular weight is 465 g/mol. The molecule has 2 N–H and O–H groups in total. The smallest absolute Gasteiger partial charge is 0.251 e. The molecule has 4 nitrogen and oxygen atoms in total. The molecule has 166 valence electrons. The summed E-state index contributed by atoms with van der Waals surface area (Å²) in [4.78, 5) is 14.0. The zero-order chi connectivity index (χ0) is 22.1. The first-order chi connectivity index (χ1) is 14.8. The first kappa shape index (κ1) is 22.4. The van der Waals surface area contributed by atoms with Gasteiger partial charge in [0, 0.05) is 29.2 Å². The third kappa shape index (κ3) is 5.33. The van der Waals surface area contributed by atoms with Gasteiger partial charge in [0.1, 0.15) is 17.7 Å². The van der Waals surface area contributed by atoms with Crippen LogP contribution in [0.3, 0.4) is 0 Å². The molecule has 0 bridgehead atoms. The number of carbonyl (C=O) groups excluding carboxylic acids is 1. The van der Waals surface area contributed by atoms with Crippen molar-refractivity contribution < 1.29 is 13.9 Å². The Balaban J connectivity index is 1.48. The molecule has 1 aliphatic heterocycles. The molecule has 1 amide bonds. The predicted octanol–water partition coefficient (Wildman–Crippen LogP) is 5.93. The number of rotatable bonds is 7. The quantitative estimate of drug-likeness (QED) is 0.552. The minimum Gasteiger partial charge on any atom is -0.490 e. The maximum absolute atomic E-state index is 14.5. The van der Waals surface area contributed by atoms with Crippen LogP contribution >= 0.6 is 23.2 Å². The second-order valence-corrected chi connectivity index (χ2v) is 9.44. The Labute approximate surface area is 192 Å². The molecular formula is C24H27Cl2FN2O2. The van der Waals surface area contributed by atoms with Gasteiger partial charge < -0.3 is 10.5 Å². The summed E-state index contributed by atoms with van der Waals surface area (Å²) < 4.78 is 20.7. The van der Waals surface area contributed by atoms with E-state index < -0.39 is 11.7 Å². The lowest BCUT2D eigenvalue weighted by molar-refractivity contribution is 0.0490. The number of amides is 1. The minimum absolute atomic E-state index is 0.00928. The van der Waals surface area contributed by atoms with Crippen molar-refractivity contribution in [1.82, 2.24) is 4.90 Å². The highest BCUT2D eigenvalue weighted by atomic mass is 35.5. The van der Waals surface area contributed by atoms with Gasteiger partial charge >= 0.3 is 0 Å². The van der Waals surface area contributed by atoms with E-state index in [0.29, 0.717) is 34.3 Å². The van der Waals surface area contributed by atoms with Crippen molar-refractivity contribution in [2.75, 3.05) is 6.54 Å². The third-order valence-corrected chi connectivity index (χ3v) is 6.72. The summed E-state index contributed by atoms with van der Waals surface area (Å²) in [5.41, 5.74) is 7.38. The Hall–Kier alpha value is -1.82. The van der Waals surface area contributed by atoms with Crippen LogP contribution in [-0.2, 0) is 6.54 Å². The summed E-state index contributed by atoms with van der Waals surface area (Å²) in [7, 11) is 0. The molecule has 2 aromatic rings. The fraction of sp³-hybridized carbons (Fsp3) is 0.458. The number of likely N-dealkylation sites (tertiary alicyclic amines) is 1. The van der Waals surface area contributed by atoms with Gasteiger partial charge in [-0.05, 0) is 79.5 Å². The van der Waals surface area contributed by atoms with Gasteiger partial charge in [0.2, 0.25) is 0 Å². The van der Waals surface area contributed by atoms with Gasteiger partial charge in [0.05, 0.1) is 5.56 Å². The monoisotopic (exact) mass is 464 g/mol. The molecule has 0 radical (unpaired) electrons. The molecule has 4 rings (SSSR count). The van der Waals surface area contributed by atoms with E-state index in [0.717, 1.165) is 49.8 Å². The van der Waals surface area contributed by atoms with Crippen molar-refractivity contribution in [2.24, 2.45) is 5.73 Å². The van der Waals surface area contributed by atoms with E-state index in [1.807, 2.05) is 0 Å². The lowest BCUT2D eigenvalue weighted by Gasteiger charge is -2.39. The van der Waals surface area contributed by atoms with Gasteiger partial charge in [0.25, 0.3) is 5.91 Å². The van der Waals surface area contributed by atoms with Crippen LogP contribution in [0.5, 0.6) is 5.75 Å². The first-order valence-corrected chi connectivity index (χ1v) is 11.6. The molecule has 31 heavy (non-hydrogen) atoms. The number of benzene rings is 2. The van der Waals surface area contributed by atoms with Gasteiger partial charge in [-0.25, -0.2) is 4.39 Å². The Morgan fingerprint density at radius 2 is 1.87 bits per heavy atom. The van der Waals surface area contributed by atoms with E-state index in [-0.39, 0.29) is 11.7 Å². The van der Waals surface area contributed by atoms with Crippen LogP contribution in [0.2, 0.25) is 10.0 Å². The summed E-state index contributed by atoms with van der Waals surface area (Å²) in [5.74, 6) is -0.152. The van der Waals surface area contributed by atoms with Crippen LogP contribution in [0.1, 0.15) is 66.4 Å². The fourth-order valence-corrected chi connectivity index (χ4v) is 5.05. The van der Waals surface area contributed by atoms with Crippen molar-refractivity contribution >= 4 is 29.1 Å². The van der Waals surface area contributed by atoms with E-state index in [2.05, 4.69) is 11.8 Å². The molecule has 2 fully saturated rings. The molecule has 1 aliphatic carbocycles. The van der Waals surface area contributed by atoms with Gasteiger partial charge in [-0.1, -0.05) is 30.1 Å². The number of piperidine rings is 1. The molecule has 1 saturated carbocycles. The van der Waals surface area contributed by atoms with E-state index in [1.165, 1.54) is 6.07 Å². The van der Waals surface area contributed by atoms with Crippen LogP contribution in [-0.4, -0.2) is 29.5 Å². The number of nitrogens with zero attached hydrogens (tertiary/aromatic N) is 1. The highest BCUT2D eigenvalue weighted by molar-refractivity contribution is 6.34. The van der Waals surface area contributed by atoms with E-state index in [4.69, 9.17) is 33.7 Å². The summed E-state index contributed by atoms with van der Waals surface area (Å²) in [6.07, 6.45) is 4.94. The maximum atomic E-state index is 14.5. The molecule has 1 heterocycles. The highest BCUT2D eigenvalue weighted by Crippen LogP contribution is 2.43. The number of halogens is 3. The average Bonchev–Trinajstić information content (AvgIpc) is 3.53. The molecule has 1 saturated heterocycles. The fourth-order valence-electron chi connectivity index (χ4n) is 4.54. The molecule has 7 heteroatoms. The second kappa shape index (κ2) is 9.35. The van der Waals surface area contributed by atoms with Gasteiger partial charge in [-0.2, -0.15) is 0 Å². The summed E-state index contributed by atoms with van der Waals surface area (Å²) in [6.45, 7) is 3.67. The number of ether oxygens (including phenoxy) is 1. The Morgan fingerprint density at radius 3 is 2.48 bits per heavy atom. The highest BCUT2D eigenvalue weighted by Gasteiger charge is 2.32. The SMILES string of the molecule is CC[C@H]1C[C@H](Oc2cc(Cl)cc(Cl)c2)CCN1Cc1cc(F)c(C(N)=O)cc1C1CC1. The Morgan fingerprint density at radius 1 is 1.16 bits per heavy atom. The maximum Gasteiger partial charge on any atom is 0.251 e. The molecule has 0 unspecified atom stereocenters. The van der Waals surface area contributed by atoms with Crippen LogP contribution in [0.4, 0.5) is 4.39 Å². The summed E-state index contributed by atoms with van der Waals surface area (Å²) in [6, 6.07) is 8.76. The van der Waals surface area contributed by atoms with Crippen LogP contribution in [0.15, 0.2) is 30.3 Å². The Kier molecular flexibility index (Phi) is 6.75. The number of hydrogen-bond acceptors (Lipinski definition) is 3. The van der Waals surface area contributed by atoms with E-state index in [9.17, 15) is 9.18 Å². The summed E-state index contributed by atoms with van der Waals surface area (Å²) in [5, 5.41) is 1.11. The lowest BCUT2D eigenvalue weighted by atomic mass is 9.94. The van der Waals surface area contributed by atoms with Crippen molar-refractivity contribution in [3.8, 4) is 5.75 Å². The third-order valence-electron chi connectivity index (χ3n) is 6.28. The van der Waals surface area contributed by atoms with Crippen molar-refractivity contribution in [3.05, 3.63) is 62.9 Å². The van der Waals surface area contributed by atoms with Crippen molar-refractivity contribution in [3.63, 3.8) is 0 Å². The van der Waals surface area contributed by atoms with E-state index in [1.54, 1.807) is 24.3 Å². The zero-order valence-electron chi connectivity index (χ0n) is 17.5. The summed E-state index contributed by atoms with van der Waals surface area (Å²) >= 11 is 12.2. The topological polar surface area (TPSA) is 55.6 Å². The van der Waals surface area contributed by atoms with Crippen molar-refractivity contribution in [2.45, 2.75) is 63.6 Å². The zero-order valence-corrected chi connectivity index (χ0v) is 19.1. The molecule has 0 spiro atoms. The lowest BCUT2D eigenvalue weighted by Crippen LogP contribution is -2.45. The number of hydrogen-bond donors (Lipinski definition) is 1.